The van der Waals surface area contributed by atoms with Gasteiger partial charge in [0.1, 0.15) is 11.6 Å². The molecule has 2 aromatic rings. The second kappa shape index (κ2) is 9.89. The van der Waals surface area contributed by atoms with E-state index in [9.17, 15) is 4.79 Å². The quantitative estimate of drug-likeness (QED) is 0.359. The number of esters is 1. The number of aromatic nitrogens is 3. The fraction of sp³-hybridized carbons (Fsp3) is 0.438. The van der Waals surface area contributed by atoms with Crippen molar-refractivity contribution in [1.29, 1.82) is 0 Å². The van der Waals surface area contributed by atoms with Gasteiger partial charge in [0.15, 0.2) is 5.16 Å². The molecule has 9 heteroatoms. The van der Waals surface area contributed by atoms with Crippen molar-refractivity contribution in [1.82, 2.24) is 14.8 Å². The fourth-order valence-electron chi connectivity index (χ4n) is 2.12. The number of aryl methyl sites for hydroxylation is 1. The van der Waals surface area contributed by atoms with Crippen LogP contribution in [0.1, 0.15) is 19.2 Å². The molecular formula is C16H19Cl2N3O3S. The van der Waals surface area contributed by atoms with Crippen LogP contribution in [0.2, 0.25) is 10.0 Å². The first-order valence-electron chi connectivity index (χ1n) is 7.74. The molecule has 1 aromatic carbocycles. The number of carbonyl (C=O) groups excluding carboxylic acids is 1. The third kappa shape index (κ3) is 5.80. The lowest BCUT2D eigenvalue weighted by molar-refractivity contribution is -0.137. The molecule has 0 bridgehead atoms. The summed E-state index contributed by atoms with van der Waals surface area (Å²) in [6.45, 7) is 3.25. The molecule has 2 rings (SSSR count). The van der Waals surface area contributed by atoms with E-state index in [1.54, 1.807) is 18.2 Å². The van der Waals surface area contributed by atoms with Gasteiger partial charge in [0, 0.05) is 18.0 Å². The molecule has 0 aliphatic rings. The van der Waals surface area contributed by atoms with Gasteiger partial charge in [0.2, 0.25) is 0 Å². The maximum atomic E-state index is 11.2. The summed E-state index contributed by atoms with van der Waals surface area (Å²) in [6.07, 6.45) is 1.48. The van der Waals surface area contributed by atoms with Gasteiger partial charge in [-0.3, -0.25) is 4.79 Å². The molecule has 0 saturated carbocycles. The molecule has 0 spiro atoms. The molecule has 0 atom stereocenters. The third-order valence-electron chi connectivity index (χ3n) is 3.35. The average molecular weight is 404 g/mol. The van der Waals surface area contributed by atoms with Crippen molar-refractivity contribution in [2.45, 2.75) is 31.5 Å². The van der Waals surface area contributed by atoms with E-state index in [0.717, 1.165) is 18.8 Å². The van der Waals surface area contributed by atoms with Gasteiger partial charge in [-0.25, -0.2) is 0 Å². The van der Waals surface area contributed by atoms with Crippen molar-refractivity contribution >= 4 is 40.9 Å². The first-order valence-corrected chi connectivity index (χ1v) is 9.48. The van der Waals surface area contributed by atoms with Crippen LogP contribution in [0.15, 0.2) is 23.4 Å². The second-order valence-electron chi connectivity index (χ2n) is 5.03. The van der Waals surface area contributed by atoms with Crippen LogP contribution in [0.25, 0.3) is 0 Å². The van der Waals surface area contributed by atoms with Crippen LogP contribution in [0.4, 0.5) is 0 Å². The summed E-state index contributed by atoms with van der Waals surface area (Å²) in [5.74, 6) is 1.40. The molecule has 6 nitrogen and oxygen atoms in total. The highest BCUT2D eigenvalue weighted by Gasteiger charge is 2.13. The van der Waals surface area contributed by atoms with Crippen molar-refractivity contribution in [2.24, 2.45) is 0 Å². The normalized spacial score (nSPS) is 10.7. The molecule has 1 aromatic heterocycles. The van der Waals surface area contributed by atoms with Gasteiger partial charge in [0.05, 0.1) is 24.5 Å². The maximum absolute atomic E-state index is 11.2. The molecule has 0 aliphatic carbocycles. The number of methoxy groups -OCH3 is 1. The summed E-state index contributed by atoms with van der Waals surface area (Å²) in [4.78, 5) is 11.2. The Morgan fingerprint density at radius 3 is 2.80 bits per heavy atom. The summed E-state index contributed by atoms with van der Waals surface area (Å²) >= 11 is 13.3. The first kappa shape index (κ1) is 19.9. The smallest absolute Gasteiger partial charge is 0.316 e. The average Bonchev–Trinajstić information content (AvgIpc) is 2.99. The Hall–Kier alpha value is -1.44. The Morgan fingerprint density at radius 1 is 1.32 bits per heavy atom. The summed E-state index contributed by atoms with van der Waals surface area (Å²) in [5.41, 5.74) is 0. The number of nitrogens with zero attached hydrogens (tertiary/aromatic N) is 3. The van der Waals surface area contributed by atoms with Gasteiger partial charge in [-0.05, 0) is 31.5 Å². The lowest BCUT2D eigenvalue weighted by Gasteiger charge is -2.09. The minimum absolute atomic E-state index is 0.215. The van der Waals surface area contributed by atoms with Gasteiger partial charge in [-0.15, -0.1) is 10.2 Å². The van der Waals surface area contributed by atoms with E-state index >= 15 is 0 Å². The van der Waals surface area contributed by atoms with E-state index in [-0.39, 0.29) is 11.7 Å². The van der Waals surface area contributed by atoms with Gasteiger partial charge < -0.3 is 14.0 Å². The topological polar surface area (TPSA) is 66.2 Å². The van der Waals surface area contributed by atoms with Crippen molar-refractivity contribution in [3.05, 3.63) is 34.1 Å². The predicted octanol–water partition coefficient (Wildman–Crippen LogP) is 3.88. The lowest BCUT2D eigenvalue weighted by Crippen LogP contribution is -2.08. The van der Waals surface area contributed by atoms with Gasteiger partial charge in [-0.1, -0.05) is 35.0 Å². The van der Waals surface area contributed by atoms with E-state index in [4.69, 9.17) is 27.9 Å². The molecule has 25 heavy (non-hydrogen) atoms. The molecule has 136 valence electrons. The first-order chi connectivity index (χ1) is 12.0. The third-order valence-corrected chi connectivity index (χ3v) is 4.82. The molecular weight excluding hydrogens is 385 g/mol. The minimum Gasteiger partial charge on any atom is -0.492 e. The summed E-state index contributed by atoms with van der Waals surface area (Å²) in [5, 5.41) is 10.1. The van der Waals surface area contributed by atoms with Crippen LogP contribution >= 0.6 is 35.0 Å². The minimum atomic E-state index is -0.287. The molecule has 0 aliphatic heterocycles. The molecule has 0 fully saturated rings. The van der Waals surface area contributed by atoms with Gasteiger partial charge >= 0.3 is 5.97 Å². The van der Waals surface area contributed by atoms with E-state index < -0.39 is 0 Å². The SMILES string of the molecule is CCn1c(CCCOc2ccc(Cl)cc2Cl)nnc1SCC(=O)OC. The monoisotopic (exact) mass is 403 g/mol. The molecule has 0 unspecified atom stereocenters. The number of hydrogen-bond donors (Lipinski definition) is 0. The highest BCUT2D eigenvalue weighted by molar-refractivity contribution is 7.99. The molecule has 1 heterocycles. The second-order valence-corrected chi connectivity index (χ2v) is 6.82. The van der Waals surface area contributed by atoms with Crippen LogP contribution in [0, 0.1) is 0 Å². The van der Waals surface area contributed by atoms with Crippen molar-refractivity contribution < 1.29 is 14.3 Å². The van der Waals surface area contributed by atoms with Crippen LogP contribution in [-0.2, 0) is 22.5 Å². The predicted molar refractivity (Wildman–Crippen MR) is 98.7 cm³/mol. The fourth-order valence-corrected chi connectivity index (χ4v) is 3.43. The van der Waals surface area contributed by atoms with Crippen LogP contribution < -0.4 is 4.74 Å². The Bertz CT molecular complexity index is 725. The van der Waals surface area contributed by atoms with Crippen molar-refractivity contribution in [2.75, 3.05) is 19.5 Å². The number of carbonyl (C=O) groups is 1. The van der Waals surface area contributed by atoms with E-state index in [0.29, 0.717) is 34.0 Å². The van der Waals surface area contributed by atoms with E-state index in [1.165, 1.54) is 18.9 Å². The summed E-state index contributed by atoms with van der Waals surface area (Å²) in [6, 6.07) is 5.14. The highest BCUT2D eigenvalue weighted by atomic mass is 35.5. The number of benzene rings is 1. The molecule has 0 amide bonds. The Labute approximate surface area is 160 Å². The lowest BCUT2D eigenvalue weighted by atomic mass is 10.3. The maximum Gasteiger partial charge on any atom is 0.316 e. The van der Waals surface area contributed by atoms with Gasteiger partial charge in [0.25, 0.3) is 0 Å². The zero-order valence-corrected chi connectivity index (χ0v) is 16.3. The largest absolute Gasteiger partial charge is 0.492 e. The standard InChI is InChI=1S/C16H19Cl2N3O3S/c1-3-21-14(19-20-16(21)25-10-15(22)23-2)5-4-8-24-13-7-6-11(17)9-12(13)18/h6-7,9H,3-5,8,10H2,1-2H3. The number of halogens is 2. The van der Waals surface area contributed by atoms with Crippen molar-refractivity contribution in [3.8, 4) is 5.75 Å². The Morgan fingerprint density at radius 2 is 2.12 bits per heavy atom. The Kier molecular flexibility index (Phi) is 7.87. The number of rotatable bonds is 9. The highest BCUT2D eigenvalue weighted by Crippen LogP contribution is 2.27. The zero-order valence-electron chi connectivity index (χ0n) is 14.0. The van der Waals surface area contributed by atoms with Gasteiger partial charge in [-0.2, -0.15) is 0 Å². The van der Waals surface area contributed by atoms with Crippen LogP contribution in [0.3, 0.4) is 0 Å². The van der Waals surface area contributed by atoms with E-state index in [2.05, 4.69) is 14.9 Å². The number of thioether (sulfide) groups is 1. The zero-order chi connectivity index (χ0) is 18.2. The number of ether oxygens (including phenoxy) is 2. The van der Waals surface area contributed by atoms with Crippen molar-refractivity contribution in [3.63, 3.8) is 0 Å². The molecule has 0 N–H and O–H groups in total. The van der Waals surface area contributed by atoms with E-state index in [1.807, 2.05) is 11.5 Å². The molecule has 0 radical (unpaired) electrons. The van der Waals surface area contributed by atoms with Crippen LogP contribution in [0.5, 0.6) is 5.75 Å². The Balaban J connectivity index is 1.86. The summed E-state index contributed by atoms with van der Waals surface area (Å²) < 4.78 is 12.3. The van der Waals surface area contributed by atoms with Crippen LogP contribution in [-0.4, -0.2) is 40.2 Å². The summed E-state index contributed by atoms with van der Waals surface area (Å²) in [7, 11) is 1.37. The molecule has 0 saturated heterocycles. The number of hydrogen-bond acceptors (Lipinski definition) is 6.